The summed E-state index contributed by atoms with van der Waals surface area (Å²) in [6, 6.07) is 13.5. The number of aromatic hydroxyl groups is 2. The fourth-order valence-corrected chi connectivity index (χ4v) is 13.7. The summed E-state index contributed by atoms with van der Waals surface area (Å²) in [5.41, 5.74) is 8.70. The topological polar surface area (TPSA) is 119 Å². The Balaban J connectivity index is 1.06. The van der Waals surface area contributed by atoms with Crippen molar-refractivity contribution >= 4 is 11.8 Å². The van der Waals surface area contributed by atoms with Crippen molar-refractivity contribution in [3.63, 3.8) is 0 Å². The van der Waals surface area contributed by atoms with Crippen LogP contribution in [0.25, 0.3) is 0 Å². The van der Waals surface area contributed by atoms with Crippen LogP contribution in [-0.2, 0) is 10.3 Å². The number of phenolic OH excluding ortho intramolecular Hbond substituents is 2. The number of carbonyl (C=O) groups excluding carboxylic acids is 2. The molecule has 6 aliphatic rings. The second-order valence-electron chi connectivity index (χ2n) is 18.2. The molecule has 9 atom stereocenters. The second-order valence-corrected chi connectivity index (χ2v) is 18.2. The summed E-state index contributed by atoms with van der Waals surface area (Å²) in [6.07, 6.45) is 13.8. The molecule has 9 rings (SSSR count). The summed E-state index contributed by atoms with van der Waals surface area (Å²) in [7, 11) is 0. The highest BCUT2D eigenvalue weighted by Gasteiger charge is 2.61. The van der Waals surface area contributed by atoms with Gasteiger partial charge in [-0.15, -0.1) is 0 Å². The summed E-state index contributed by atoms with van der Waals surface area (Å²) in [5, 5.41) is 20.7. The zero-order chi connectivity index (χ0) is 37.0. The predicted octanol–water partition coefficient (Wildman–Crippen LogP) is 9.99. The van der Waals surface area contributed by atoms with Crippen LogP contribution < -0.4 is 10.5 Å². The first kappa shape index (κ1) is 34.9. The quantitative estimate of drug-likeness (QED) is 0.172. The van der Waals surface area contributed by atoms with Crippen molar-refractivity contribution in [2.75, 3.05) is 6.54 Å². The number of esters is 1. The third-order valence-electron chi connectivity index (χ3n) is 16.0. The molecule has 0 aromatic heterocycles. The van der Waals surface area contributed by atoms with E-state index in [1.807, 2.05) is 6.07 Å². The summed E-state index contributed by atoms with van der Waals surface area (Å²) in [6.45, 7) is 9.91. The lowest BCUT2D eigenvalue weighted by Gasteiger charge is -2.61. The number of rotatable bonds is 6. The molecule has 53 heavy (non-hydrogen) atoms. The molecule has 5 unspecified atom stereocenters. The molecule has 3 aromatic carbocycles. The second kappa shape index (κ2) is 12.3. The summed E-state index contributed by atoms with van der Waals surface area (Å²) in [4.78, 5) is 28.3. The Morgan fingerprint density at radius 3 is 2.21 bits per heavy atom. The first-order valence-corrected chi connectivity index (χ1v) is 20.4. The highest BCUT2D eigenvalue weighted by Crippen LogP contribution is 2.69. The zero-order valence-electron chi connectivity index (χ0n) is 31.8. The average molecular weight is 718 g/mol. The predicted molar refractivity (Wildman–Crippen MR) is 203 cm³/mol. The van der Waals surface area contributed by atoms with Gasteiger partial charge in [0.05, 0.1) is 12.1 Å². The van der Waals surface area contributed by atoms with Crippen LogP contribution in [0.1, 0.15) is 147 Å². The van der Waals surface area contributed by atoms with E-state index in [4.69, 9.17) is 15.2 Å². The van der Waals surface area contributed by atoms with Gasteiger partial charge in [0.1, 0.15) is 23.0 Å². The van der Waals surface area contributed by atoms with E-state index < -0.39 is 11.6 Å². The molecule has 4 fully saturated rings. The maximum Gasteiger partial charge on any atom is 0.340 e. The maximum absolute atomic E-state index is 14.3. The van der Waals surface area contributed by atoms with Gasteiger partial charge >= 0.3 is 5.97 Å². The van der Waals surface area contributed by atoms with Gasteiger partial charge in [0.2, 0.25) is 0 Å². The van der Waals surface area contributed by atoms with Gasteiger partial charge < -0.3 is 25.4 Å². The van der Waals surface area contributed by atoms with Gasteiger partial charge in [-0.05, 0) is 140 Å². The van der Waals surface area contributed by atoms with Gasteiger partial charge in [0, 0.05) is 34.4 Å². The van der Waals surface area contributed by atoms with Crippen LogP contribution in [0.15, 0.2) is 48.5 Å². The fourth-order valence-electron chi connectivity index (χ4n) is 13.7. The van der Waals surface area contributed by atoms with E-state index in [-0.39, 0.29) is 40.7 Å². The largest absolute Gasteiger partial charge is 0.508 e. The lowest BCUT2D eigenvalue weighted by Crippen LogP contribution is -2.53. The van der Waals surface area contributed by atoms with Crippen LogP contribution in [0.2, 0.25) is 0 Å². The van der Waals surface area contributed by atoms with E-state index >= 15 is 0 Å². The molecular formula is C46H55NO6. The number of fused-ring (bicyclic) bond motifs is 11. The normalized spacial score (nSPS) is 33.7. The van der Waals surface area contributed by atoms with Gasteiger partial charge in [-0.3, -0.25) is 4.79 Å². The molecule has 2 aliphatic heterocycles. The SMILES string of the molecule is CCC[C@@H](C)[C@H]1CCC2C3CCC4CC(c5ccc6c(c5C(=O)CN)C(=O)OC65c6ccc(O)cc6Oc6cc(O)ccc65)CC[C@]4(C)C3CC[C@@]21C. The fraction of sp³-hybridized carbons (Fsp3) is 0.565. The highest BCUT2D eigenvalue weighted by atomic mass is 16.6. The molecule has 4 saturated carbocycles. The molecular weight excluding hydrogens is 663 g/mol. The molecule has 1 spiro atoms. The van der Waals surface area contributed by atoms with Crippen LogP contribution in [-0.4, -0.2) is 28.5 Å². The van der Waals surface area contributed by atoms with E-state index in [1.54, 1.807) is 24.3 Å². The molecule has 0 amide bonds. The number of phenols is 2. The van der Waals surface area contributed by atoms with E-state index in [9.17, 15) is 19.8 Å². The molecule has 280 valence electrons. The van der Waals surface area contributed by atoms with Gasteiger partial charge in [0.15, 0.2) is 11.4 Å². The number of benzene rings is 3. The Kier molecular flexibility index (Phi) is 8.13. The third-order valence-corrected chi connectivity index (χ3v) is 16.0. The first-order chi connectivity index (χ1) is 25.4. The molecule has 2 heterocycles. The summed E-state index contributed by atoms with van der Waals surface area (Å²) in [5.74, 6) is 4.61. The Morgan fingerprint density at radius 1 is 0.868 bits per heavy atom. The van der Waals surface area contributed by atoms with Crippen molar-refractivity contribution < 1.29 is 29.3 Å². The van der Waals surface area contributed by atoms with Crippen LogP contribution in [0, 0.1) is 46.3 Å². The molecule has 0 bridgehead atoms. The van der Waals surface area contributed by atoms with E-state index in [2.05, 4.69) is 33.8 Å². The van der Waals surface area contributed by atoms with Crippen molar-refractivity contribution in [3.05, 3.63) is 81.9 Å². The maximum atomic E-state index is 14.3. The molecule has 3 aromatic rings. The minimum Gasteiger partial charge on any atom is -0.508 e. The monoisotopic (exact) mass is 717 g/mol. The van der Waals surface area contributed by atoms with Gasteiger partial charge in [-0.2, -0.15) is 0 Å². The number of ketones is 1. The molecule has 7 heteroatoms. The standard InChI is InChI=1S/C46H55NO6/c1-5-6-25(2)32-15-16-33-31-10-7-27-21-26(17-19-44(27,3)34(31)18-20-45(32,33)4)30-11-14-37-42(41(30)38(50)24-47)43(51)53-46(37)35-12-8-28(48)22-39(35)52-40-23-29(49)9-13-36(40)46/h8-9,11-14,22-23,25-27,31-34,48-49H,5-7,10,15-21,24,47H2,1-4H3/t25-,26?,27?,31?,32-,33?,34?,44+,45-/m1/s1. The first-order valence-electron chi connectivity index (χ1n) is 20.4. The van der Waals surface area contributed by atoms with E-state index in [0.717, 1.165) is 54.4 Å². The lowest BCUT2D eigenvalue weighted by molar-refractivity contribution is -0.117. The minimum atomic E-state index is -1.43. The Labute approximate surface area is 313 Å². The zero-order valence-corrected chi connectivity index (χ0v) is 31.8. The van der Waals surface area contributed by atoms with Crippen molar-refractivity contribution in [1.29, 1.82) is 0 Å². The van der Waals surface area contributed by atoms with Crippen LogP contribution >= 0.6 is 0 Å². The van der Waals surface area contributed by atoms with Crippen molar-refractivity contribution in [1.82, 2.24) is 0 Å². The van der Waals surface area contributed by atoms with Gasteiger partial charge in [0.25, 0.3) is 0 Å². The molecule has 0 radical (unpaired) electrons. The van der Waals surface area contributed by atoms with Crippen molar-refractivity contribution in [2.45, 2.75) is 110 Å². The van der Waals surface area contributed by atoms with Crippen molar-refractivity contribution in [2.24, 2.45) is 52.1 Å². The third kappa shape index (κ3) is 4.87. The van der Waals surface area contributed by atoms with Gasteiger partial charge in [-0.1, -0.05) is 52.7 Å². The number of nitrogens with two attached hydrogens (primary N) is 1. The lowest BCUT2D eigenvalue weighted by atomic mass is 9.43. The highest BCUT2D eigenvalue weighted by molar-refractivity contribution is 6.11. The molecule has 7 nitrogen and oxygen atoms in total. The van der Waals surface area contributed by atoms with Crippen LogP contribution in [0.4, 0.5) is 0 Å². The number of hydrogen-bond donors (Lipinski definition) is 3. The number of ether oxygens (including phenoxy) is 2. The summed E-state index contributed by atoms with van der Waals surface area (Å²) >= 11 is 0. The van der Waals surface area contributed by atoms with Gasteiger partial charge in [-0.25, -0.2) is 4.79 Å². The summed E-state index contributed by atoms with van der Waals surface area (Å²) < 4.78 is 12.6. The van der Waals surface area contributed by atoms with Crippen LogP contribution in [0.5, 0.6) is 23.0 Å². The Morgan fingerprint density at radius 2 is 1.53 bits per heavy atom. The number of hydrogen-bond acceptors (Lipinski definition) is 7. The molecule has 4 aliphatic carbocycles. The Bertz CT molecular complexity index is 1950. The molecule has 0 saturated heterocycles. The van der Waals surface area contributed by atoms with Crippen molar-refractivity contribution in [3.8, 4) is 23.0 Å². The minimum absolute atomic E-state index is 0.00372. The number of carbonyl (C=O) groups is 2. The van der Waals surface area contributed by atoms with E-state index in [0.29, 0.717) is 45.1 Å². The molecule has 4 N–H and O–H groups in total. The van der Waals surface area contributed by atoms with Crippen LogP contribution in [0.3, 0.4) is 0 Å². The van der Waals surface area contributed by atoms with E-state index in [1.165, 1.54) is 63.5 Å². The number of Topliss-reactive ketones (excluding diaryl/α,β-unsaturated/α-hetero) is 1. The average Bonchev–Trinajstić information content (AvgIpc) is 3.64. The Hall–Kier alpha value is -3.84. The smallest absolute Gasteiger partial charge is 0.340 e.